The van der Waals surface area contributed by atoms with Gasteiger partial charge in [0.2, 0.25) is 0 Å². The monoisotopic (exact) mass is 683 g/mol. The highest BCUT2D eigenvalue weighted by Gasteiger charge is 2.60. The van der Waals surface area contributed by atoms with Gasteiger partial charge < -0.3 is 19.3 Å². The zero-order valence-corrected chi connectivity index (χ0v) is 28.4. The van der Waals surface area contributed by atoms with E-state index in [9.17, 15) is 28.0 Å². The second-order valence-corrected chi connectivity index (χ2v) is 14.6. The van der Waals surface area contributed by atoms with Crippen molar-refractivity contribution in [2.45, 2.75) is 115 Å². The Morgan fingerprint density at radius 2 is 1.81 bits per heavy atom. The number of piperidine rings is 1. The third-order valence-electron chi connectivity index (χ3n) is 10.0. The standard InChI is InChI=1S/C35H40F3N5O4S/c1-5-22-17-25(9-10-29(22)46-14-11-21-15-23-7-8-24(16-21)41(23)32(45)47-33(2,3)4)43-31(48)42(30(44)34(43)12-6-13-34)26-18-27(35(36,37)38)28(19-39)40-20-26/h9-10,17-18,20-21,23-24H,5-8,11-16H2,1-4H3. The lowest BCUT2D eigenvalue weighted by molar-refractivity contribution is -0.138. The highest BCUT2D eigenvalue weighted by molar-refractivity contribution is 7.81. The zero-order chi connectivity index (χ0) is 34.6. The average molecular weight is 684 g/mol. The van der Waals surface area contributed by atoms with Crippen molar-refractivity contribution in [3.05, 3.63) is 47.3 Å². The number of thiocarbonyl (C=S) groups is 1. The van der Waals surface area contributed by atoms with Crippen LogP contribution in [-0.4, -0.2) is 56.8 Å². The summed E-state index contributed by atoms with van der Waals surface area (Å²) in [4.78, 5) is 35.2. The summed E-state index contributed by atoms with van der Waals surface area (Å²) in [6.45, 7) is 8.19. The van der Waals surface area contributed by atoms with Crippen LogP contribution in [0.3, 0.4) is 0 Å². The molecule has 1 spiro atoms. The van der Waals surface area contributed by atoms with Crippen LogP contribution in [0.5, 0.6) is 5.75 Å². The normalized spacial score (nSPS) is 23.4. The lowest BCUT2D eigenvalue weighted by atomic mass is 9.75. The fourth-order valence-corrected chi connectivity index (χ4v) is 8.15. The molecule has 2 bridgehead atoms. The summed E-state index contributed by atoms with van der Waals surface area (Å²) in [6, 6.07) is 8.29. The fourth-order valence-electron chi connectivity index (χ4n) is 7.69. The molecule has 4 aliphatic rings. The summed E-state index contributed by atoms with van der Waals surface area (Å²) in [5, 5.41) is 9.25. The molecule has 6 rings (SSSR count). The summed E-state index contributed by atoms with van der Waals surface area (Å²) in [5.41, 5.74) is -2.02. The Balaban J connectivity index is 1.15. The van der Waals surface area contributed by atoms with E-state index in [4.69, 9.17) is 21.7 Å². The Hall–Kier alpha value is -3.92. The van der Waals surface area contributed by atoms with Crippen LogP contribution in [0.15, 0.2) is 30.5 Å². The highest BCUT2D eigenvalue weighted by atomic mass is 32.1. The van der Waals surface area contributed by atoms with E-state index in [1.807, 2.05) is 50.8 Å². The molecule has 2 unspecified atom stereocenters. The van der Waals surface area contributed by atoms with Gasteiger partial charge in [0.15, 0.2) is 10.8 Å². The van der Waals surface area contributed by atoms with Crippen LogP contribution >= 0.6 is 12.2 Å². The number of alkyl halides is 3. The molecule has 48 heavy (non-hydrogen) atoms. The Bertz CT molecular complexity index is 1650. The number of rotatable bonds is 7. The number of benzene rings is 1. The van der Waals surface area contributed by atoms with Crippen LogP contribution in [0.25, 0.3) is 0 Å². The smallest absolute Gasteiger partial charge is 0.419 e. The molecule has 1 saturated carbocycles. The lowest BCUT2D eigenvalue weighted by Gasteiger charge is -2.43. The number of amides is 2. The molecule has 4 heterocycles. The number of carbonyl (C=O) groups excluding carboxylic acids is 2. The van der Waals surface area contributed by atoms with E-state index in [1.54, 1.807) is 4.90 Å². The number of aromatic nitrogens is 1. The number of fused-ring (bicyclic) bond motifs is 2. The minimum atomic E-state index is -4.82. The number of aryl methyl sites for hydroxylation is 1. The SMILES string of the molecule is CCc1cc(N2C(=S)N(c3cnc(C#N)c(C(F)(F)F)c3)C(=O)C23CCC3)ccc1OCCC1CC2CCC(C1)N2C(=O)OC(C)(C)C. The molecule has 13 heteroatoms. The van der Waals surface area contributed by atoms with Gasteiger partial charge in [0, 0.05) is 17.8 Å². The maximum absolute atomic E-state index is 13.9. The topological polar surface area (TPSA) is 99.0 Å². The van der Waals surface area contributed by atoms with E-state index in [1.165, 1.54) is 6.07 Å². The van der Waals surface area contributed by atoms with E-state index in [0.29, 0.717) is 37.5 Å². The molecule has 3 saturated heterocycles. The Kier molecular flexibility index (Phi) is 8.85. The molecule has 256 valence electrons. The number of hydrogen-bond acceptors (Lipinski definition) is 7. The van der Waals surface area contributed by atoms with Crippen LogP contribution in [0.2, 0.25) is 0 Å². The molecular formula is C35H40F3N5O4S. The van der Waals surface area contributed by atoms with Crippen LogP contribution in [-0.2, 0) is 22.1 Å². The first-order valence-corrected chi connectivity index (χ1v) is 17.0. The third kappa shape index (κ3) is 6.08. The van der Waals surface area contributed by atoms with Crippen molar-refractivity contribution in [3.63, 3.8) is 0 Å². The largest absolute Gasteiger partial charge is 0.493 e. The van der Waals surface area contributed by atoms with Crippen molar-refractivity contribution in [1.29, 1.82) is 5.26 Å². The van der Waals surface area contributed by atoms with Gasteiger partial charge in [-0.3, -0.25) is 9.69 Å². The fraction of sp³-hybridized carbons (Fsp3) is 0.571. The van der Waals surface area contributed by atoms with E-state index in [2.05, 4.69) is 4.98 Å². The van der Waals surface area contributed by atoms with Gasteiger partial charge >= 0.3 is 12.3 Å². The summed E-state index contributed by atoms with van der Waals surface area (Å²) in [6.07, 6.45) is 3.20. The van der Waals surface area contributed by atoms with Crippen LogP contribution in [0.4, 0.5) is 29.3 Å². The molecule has 0 N–H and O–H groups in total. The first-order valence-electron chi connectivity index (χ1n) is 16.6. The molecule has 3 aliphatic heterocycles. The Labute approximate surface area is 284 Å². The average Bonchev–Trinajstić information content (AvgIpc) is 3.41. The minimum Gasteiger partial charge on any atom is -0.493 e. The van der Waals surface area contributed by atoms with Crippen LogP contribution in [0, 0.1) is 17.2 Å². The molecule has 2 atom stereocenters. The maximum atomic E-state index is 13.9. The molecule has 2 amide bonds. The first-order chi connectivity index (χ1) is 22.7. The highest BCUT2D eigenvalue weighted by Crippen LogP contribution is 2.49. The Morgan fingerprint density at radius 3 is 2.38 bits per heavy atom. The van der Waals surface area contributed by atoms with Gasteiger partial charge in [0.05, 0.1) is 24.1 Å². The van der Waals surface area contributed by atoms with Crippen molar-refractivity contribution in [3.8, 4) is 11.8 Å². The van der Waals surface area contributed by atoms with Gasteiger partial charge in [0.1, 0.15) is 23.0 Å². The van der Waals surface area contributed by atoms with Gasteiger partial charge in [-0.2, -0.15) is 18.4 Å². The molecule has 1 aliphatic carbocycles. The summed E-state index contributed by atoms with van der Waals surface area (Å²) < 4.78 is 53.2. The number of nitriles is 1. The zero-order valence-electron chi connectivity index (χ0n) is 27.6. The lowest BCUT2D eigenvalue weighted by Crippen LogP contribution is -2.55. The molecule has 1 aromatic heterocycles. The van der Waals surface area contributed by atoms with E-state index >= 15 is 0 Å². The molecule has 2 aromatic rings. The van der Waals surface area contributed by atoms with Crippen molar-refractivity contribution < 1.29 is 32.2 Å². The van der Waals surface area contributed by atoms with Crippen LogP contribution in [0.1, 0.15) is 95.9 Å². The second-order valence-electron chi connectivity index (χ2n) is 14.2. The Morgan fingerprint density at radius 1 is 1.12 bits per heavy atom. The number of halogens is 3. The summed E-state index contributed by atoms with van der Waals surface area (Å²) >= 11 is 5.77. The number of hydrogen-bond donors (Lipinski definition) is 0. The van der Waals surface area contributed by atoms with Gasteiger partial charge in [-0.05, 0) is 127 Å². The number of ether oxygens (including phenoxy) is 2. The molecular weight excluding hydrogens is 643 g/mol. The van der Waals surface area contributed by atoms with Crippen molar-refractivity contribution in [2.24, 2.45) is 5.92 Å². The molecule has 9 nitrogen and oxygen atoms in total. The van der Waals surface area contributed by atoms with Gasteiger partial charge in [0.25, 0.3) is 5.91 Å². The van der Waals surface area contributed by atoms with Crippen LogP contribution < -0.4 is 14.5 Å². The summed E-state index contributed by atoms with van der Waals surface area (Å²) in [7, 11) is 0. The van der Waals surface area contributed by atoms with Crippen molar-refractivity contribution >= 4 is 40.7 Å². The predicted octanol–water partition coefficient (Wildman–Crippen LogP) is 7.54. The van der Waals surface area contributed by atoms with Gasteiger partial charge in [-0.15, -0.1) is 0 Å². The number of pyridine rings is 1. The number of anilines is 2. The van der Waals surface area contributed by atoms with E-state index in [0.717, 1.165) is 67.0 Å². The quantitative estimate of drug-likeness (QED) is 0.276. The molecule has 1 aromatic carbocycles. The van der Waals surface area contributed by atoms with E-state index < -0.39 is 34.5 Å². The molecule has 4 fully saturated rings. The van der Waals surface area contributed by atoms with E-state index in [-0.39, 0.29) is 29.0 Å². The van der Waals surface area contributed by atoms with Gasteiger partial charge in [-0.1, -0.05) is 6.92 Å². The number of nitrogens with zero attached hydrogens (tertiary/aromatic N) is 5. The second kappa shape index (κ2) is 12.5. The number of carbonyl (C=O) groups is 2. The van der Waals surface area contributed by atoms with Gasteiger partial charge in [-0.25, -0.2) is 9.78 Å². The van der Waals surface area contributed by atoms with Crippen molar-refractivity contribution in [2.75, 3.05) is 16.4 Å². The predicted molar refractivity (Wildman–Crippen MR) is 177 cm³/mol. The summed E-state index contributed by atoms with van der Waals surface area (Å²) in [5.74, 6) is 0.776. The molecule has 0 radical (unpaired) electrons. The first kappa shape index (κ1) is 34.0. The third-order valence-corrected chi connectivity index (χ3v) is 10.4. The minimum absolute atomic E-state index is 0.0717. The van der Waals surface area contributed by atoms with Crippen molar-refractivity contribution in [1.82, 2.24) is 9.88 Å². The maximum Gasteiger partial charge on any atom is 0.419 e.